The molecule has 4 rings (SSSR count). The maximum Gasteiger partial charge on any atom is 0.405 e. The van der Waals surface area contributed by atoms with E-state index in [1.54, 1.807) is 29.7 Å². The van der Waals surface area contributed by atoms with E-state index in [-0.39, 0.29) is 11.8 Å². The van der Waals surface area contributed by atoms with Gasteiger partial charge in [0, 0.05) is 29.1 Å². The molecule has 178 valence electrons. The second-order valence-electron chi connectivity index (χ2n) is 7.75. The summed E-state index contributed by atoms with van der Waals surface area (Å²) in [6.45, 7) is 4.15. The Morgan fingerprint density at radius 2 is 1.97 bits per heavy atom. The van der Waals surface area contributed by atoms with Gasteiger partial charge in [0.05, 0.1) is 18.0 Å². The van der Waals surface area contributed by atoms with Gasteiger partial charge in [-0.25, -0.2) is 9.78 Å². The number of halogens is 3. The van der Waals surface area contributed by atoms with Crippen LogP contribution in [-0.2, 0) is 0 Å². The van der Waals surface area contributed by atoms with Crippen LogP contribution < -0.4 is 15.4 Å². The highest BCUT2D eigenvalue weighted by atomic mass is 32.1. The van der Waals surface area contributed by atoms with Gasteiger partial charge in [-0.05, 0) is 45.0 Å². The topological polar surface area (TPSA) is 93.4 Å². The Kier molecular flexibility index (Phi) is 6.42. The van der Waals surface area contributed by atoms with Crippen LogP contribution in [0.25, 0.3) is 27.5 Å². The van der Waals surface area contributed by atoms with Gasteiger partial charge in [-0.1, -0.05) is 11.3 Å². The molecule has 3 heterocycles. The highest BCUT2D eigenvalue weighted by Crippen LogP contribution is 2.31. The van der Waals surface area contributed by atoms with Crippen LogP contribution in [0.1, 0.15) is 18.9 Å². The van der Waals surface area contributed by atoms with Crippen molar-refractivity contribution in [2.24, 2.45) is 0 Å². The Balaban J connectivity index is 1.67. The quantitative estimate of drug-likeness (QED) is 0.383. The van der Waals surface area contributed by atoms with Gasteiger partial charge >= 0.3 is 12.2 Å². The van der Waals surface area contributed by atoms with Crippen LogP contribution in [0.4, 0.5) is 23.7 Å². The first-order valence-electron chi connectivity index (χ1n) is 10.3. The number of carbonyl (C=O) groups excluding carboxylic acids is 1. The number of benzene rings is 1. The number of nitrogens with zero attached hydrogens (tertiary/aromatic N) is 4. The summed E-state index contributed by atoms with van der Waals surface area (Å²) in [5.41, 5.74) is 3.21. The molecule has 0 saturated carbocycles. The van der Waals surface area contributed by atoms with Crippen molar-refractivity contribution in [1.82, 2.24) is 24.9 Å². The van der Waals surface area contributed by atoms with Crippen molar-refractivity contribution in [3.8, 4) is 27.6 Å². The Bertz CT molecular complexity index is 1330. The number of hydrogen-bond acceptors (Lipinski definition) is 6. The number of rotatable bonds is 6. The maximum absolute atomic E-state index is 12.4. The summed E-state index contributed by atoms with van der Waals surface area (Å²) in [6, 6.07) is 7.80. The molecule has 8 nitrogen and oxygen atoms in total. The zero-order chi connectivity index (χ0) is 24.5. The Labute approximate surface area is 196 Å². The van der Waals surface area contributed by atoms with E-state index >= 15 is 0 Å². The van der Waals surface area contributed by atoms with Gasteiger partial charge in [0.2, 0.25) is 0 Å². The number of amides is 2. The summed E-state index contributed by atoms with van der Waals surface area (Å²) >= 11 is 1.48. The molecule has 0 fully saturated rings. The van der Waals surface area contributed by atoms with E-state index in [1.807, 2.05) is 43.5 Å². The molecule has 2 amide bonds. The number of aromatic nitrogens is 4. The monoisotopic (exact) mass is 490 g/mol. The molecule has 1 aromatic carbocycles. The fraction of sp³-hybridized carbons (Fsp3) is 0.273. The van der Waals surface area contributed by atoms with Gasteiger partial charge in [0.1, 0.15) is 28.0 Å². The van der Waals surface area contributed by atoms with Crippen LogP contribution in [0, 0.1) is 6.92 Å². The van der Waals surface area contributed by atoms with E-state index in [2.05, 4.69) is 20.5 Å². The Hall–Kier alpha value is -3.67. The number of nitrogens with one attached hydrogen (secondary N) is 2. The molecule has 0 spiro atoms. The van der Waals surface area contributed by atoms with Gasteiger partial charge in [0.25, 0.3) is 0 Å². The number of ether oxygens (including phenoxy) is 1. The Morgan fingerprint density at radius 1 is 1.18 bits per heavy atom. The van der Waals surface area contributed by atoms with Crippen molar-refractivity contribution in [2.75, 3.05) is 11.9 Å². The Morgan fingerprint density at radius 3 is 2.65 bits per heavy atom. The van der Waals surface area contributed by atoms with Crippen LogP contribution in [0.3, 0.4) is 0 Å². The standard InChI is InChI=1S/C22H21F3N6O2S/c1-12(2)33-17-7-15(6-16(9-17)28-21(32)27-11-22(23,24)25)18-10-26-19-8-14(4-5-31(18)19)20-30-29-13(3)34-20/h4-10,12H,11H2,1-3H3,(H2,27,28,32). The van der Waals surface area contributed by atoms with Crippen LogP contribution in [-0.4, -0.2) is 44.4 Å². The van der Waals surface area contributed by atoms with Gasteiger partial charge in [-0.15, -0.1) is 10.2 Å². The molecule has 4 aromatic rings. The third-order valence-electron chi connectivity index (χ3n) is 4.57. The summed E-state index contributed by atoms with van der Waals surface area (Å²) < 4.78 is 44.9. The molecule has 3 aromatic heterocycles. The van der Waals surface area contributed by atoms with Crippen molar-refractivity contribution in [2.45, 2.75) is 33.1 Å². The number of pyridine rings is 1. The molecule has 0 bridgehead atoms. The van der Waals surface area contributed by atoms with E-state index < -0.39 is 18.8 Å². The van der Waals surface area contributed by atoms with E-state index in [0.29, 0.717) is 22.7 Å². The summed E-state index contributed by atoms with van der Waals surface area (Å²) in [4.78, 5) is 16.5. The predicted octanol–water partition coefficient (Wildman–Crippen LogP) is 5.30. The third-order valence-corrected chi connectivity index (χ3v) is 5.46. The van der Waals surface area contributed by atoms with E-state index in [9.17, 15) is 18.0 Å². The molecule has 12 heteroatoms. The molecule has 0 aliphatic carbocycles. The minimum Gasteiger partial charge on any atom is -0.491 e. The number of carbonyl (C=O) groups is 1. The number of alkyl halides is 3. The van der Waals surface area contributed by atoms with Gasteiger partial charge < -0.3 is 15.4 Å². The normalized spacial score (nSPS) is 11.7. The lowest BCUT2D eigenvalue weighted by molar-refractivity contribution is -0.122. The van der Waals surface area contributed by atoms with E-state index in [1.165, 1.54) is 11.3 Å². The van der Waals surface area contributed by atoms with Gasteiger partial charge in [-0.2, -0.15) is 13.2 Å². The number of aryl methyl sites for hydroxylation is 1. The summed E-state index contributed by atoms with van der Waals surface area (Å²) in [7, 11) is 0. The minimum atomic E-state index is -4.51. The SMILES string of the molecule is Cc1nnc(-c2ccn3c(-c4cc(NC(=O)NCC(F)(F)F)cc(OC(C)C)c4)cnc3c2)s1. The number of anilines is 1. The molecular formula is C22H21F3N6O2S. The number of hydrogen-bond donors (Lipinski definition) is 2. The molecule has 0 atom stereocenters. The first kappa shape index (κ1) is 23.5. The fourth-order valence-electron chi connectivity index (χ4n) is 3.26. The average Bonchev–Trinajstić information content (AvgIpc) is 3.37. The lowest BCUT2D eigenvalue weighted by atomic mass is 10.1. The second kappa shape index (κ2) is 9.29. The van der Waals surface area contributed by atoms with E-state index in [4.69, 9.17) is 4.74 Å². The summed E-state index contributed by atoms with van der Waals surface area (Å²) in [6.07, 6.45) is -1.13. The van der Waals surface area contributed by atoms with Crippen molar-refractivity contribution >= 4 is 28.7 Å². The number of fused-ring (bicyclic) bond motifs is 1. The molecule has 2 N–H and O–H groups in total. The zero-order valence-corrected chi connectivity index (χ0v) is 19.3. The van der Waals surface area contributed by atoms with Crippen molar-refractivity contribution in [3.05, 3.63) is 47.7 Å². The fourth-order valence-corrected chi connectivity index (χ4v) is 3.94. The van der Waals surface area contributed by atoms with Crippen LogP contribution in [0.5, 0.6) is 5.75 Å². The number of urea groups is 1. The molecule has 0 unspecified atom stereocenters. The van der Waals surface area contributed by atoms with Gasteiger partial charge in [-0.3, -0.25) is 4.40 Å². The molecule has 0 radical (unpaired) electrons. The predicted molar refractivity (Wildman–Crippen MR) is 123 cm³/mol. The largest absolute Gasteiger partial charge is 0.491 e. The molecule has 0 aliphatic heterocycles. The summed E-state index contributed by atoms with van der Waals surface area (Å²) in [5, 5.41) is 14.1. The van der Waals surface area contributed by atoms with Gasteiger partial charge in [0.15, 0.2) is 0 Å². The van der Waals surface area contributed by atoms with Crippen LogP contribution in [0.2, 0.25) is 0 Å². The van der Waals surface area contributed by atoms with E-state index in [0.717, 1.165) is 15.6 Å². The highest BCUT2D eigenvalue weighted by Gasteiger charge is 2.27. The summed E-state index contributed by atoms with van der Waals surface area (Å²) in [5.74, 6) is 0.453. The third kappa shape index (κ3) is 5.63. The second-order valence-corrected chi connectivity index (χ2v) is 8.93. The first-order valence-corrected chi connectivity index (χ1v) is 11.1. The molecule has 34 heavy (non-hydrogen) atoms. The van der Waals surface area contributed by atoms with Crippen molar-refractivity contribution < 1.29 is 22.7 Å². The first-order chi connectivity index (χ1) is 16.1. The van der Waals surface area contributed by atoms with Crippen LogP contribution in [0.15, 0.2) is 42.7 Å². The molecule has 0 aliphatic rings. The average molecular weight is 491 g/mol. The zero-order valence-electron chi connectivity index (χ0n) is 18.5. The van der Waals surface area contributed by atoms with Crippen molar-refractivity contribution in [1.29, 1.82) is 0 Å². The lowest BCUT2D eigenvalue weighted by Gasteiger charge is -2.15. The lowest BCUT2D eigenvalue weighted by Crippen LogP contribution is -2.36. The maximum atomic E-state index is 12.4. The smallest absolute Gasteiger partial charge is 0.405 e. The minimum absolute atomic E-state index is 0.151. The highest BCUT2D eigenvalue weighted by molar-refractivity contribution is 7.14. The molecule has 0 saturated heterocycles. The number of imidazole rings is 1. The molecular weight excluding hydrogens is 469 g/mol. The van der Waals surface area contributed by atoms with Crippen LogP contribution >= 0.6 is 11.3 Å². The van der Waals surface area contributed by atoms with Crippen molar-refractivity contribution in [3.63, 3.8) is 0 Å².